The molecule has 0 saturated heterocycles. The van der Waals surface area contributed by atoms with Gasteiger partial charge >= 0.3 is 0 Å². The highest BCUT2D eigenvalue weighted by molar-refractivity contribution is 5.97. The van der Waals surface area contributed by atoms with E-state index in [1.54, 1.807) is 24.7 Å². The molecule has 0 spiro atoms. The van der Waals surface area contributed by atoms with Gasteiger partial charge in [-0.05, 0) is 24.1 Å². The van der Waals surface area contributed by atoms with Crippen LogP contribution in [-0.2, 0) is 0 Å². The van der Waals surface area contributed by atoms with Crippen LogP contribution in [0.15, 0.2) is 61.3 Å². The number of H-pyrrole nitrogens is 2. The van der Waals surface area contributed by atoms with Crippen molar-refractivity contribution in [3.05, 3.63) is 72.7 Å². The Balaban J connectivity index is 1.54. The number of imidazole rings is 1. The molecular weight excluding hydrogens is 381 g/mol. The minimum Gasteiger partial charge on any atom is -0.335 e. The first-order chi connectivity index (χ1) is 14.8. The molecule has 0 radical (unpaired) electrons. The maximum Gasteiger partial charge on any atom is 0.178 e. The van der Waals surface area contributed by atoms with Crippen LogP contribution in [0.25, 0.3) is 50.3 Å². The summed E-state index contributed by atoms with van der Waals surface area (Å²) in [5.41, 5.74) is 5.82. The van der Waals surface area contributed by atoms with Crippen molar-refractivity contribution in [2.24, 2.45) is 0 Å². The normalized spacial score (nSPS) is 13.4. The van der Waals surface area contributed by atoms with Crippen LogP contribution in [0.3, 0.4) is 0 Å². The summed E-state index contributed by atoms with van der Waals surface area (Å²) in [6.45, 7) is 0. The Morgan fingerprint density at radius 1 is 1.07 bits per heavy atom. The average molecular weight is 395 g/mol. The maximum atomic E-state index is 14.7. The Bertz CT molecular complexity index is 1480. The molecule has 0 aliphatic heterocycles. The molecule has 0 fully saturated rings. The Kier molecular flexibility index (Phi) is 3.58. The fourth-order valence-electron chi connectivity index (χ4n) is 3.80. The number of benzene rings is 1. The Morgan fingerprint density at radius 3 is 2.80 bits per heavy atom. The highest BCUT2D eigenvalue weighted by Gasteiger charge is 2.18. The van der Waals surface area contributed by atoms with Gasteiger partial charge in [-0.25, -0.2) is 24.3 Å². The van der Waals surface area contributed by atoms with Crippen molar-refractivity contribution < 1.29 is 4.39 Å². The lowest BCUT2D eigenvalue weighted by Crippen LogP contribution is -1.88. The smallest absolute Gasteiger partial charge is 0.178 e. The zero-order valence-corrected chi connectivity index (χ0v) is 15.6. The van der Waals surface area contributed by atoms with Gasteiger partial charge in [-0.2, -0.15) is 5.10 Å². The molecular formula is C22H14FN7. The average Bonchev–Trinajstić information content (AvgIpc) is 3.52. The Morgan fingerprint density at radius 2 is 1.97 bits per heavy atom. The van der Waals surface area contributed by atoms with Crippen molar-refractivity contribution in [1.29, 1.82) is 0 Å². The van der Waals surface area contributed by atoms with Gasteiger partial charge in [0.05, 0.1) is 11.0 Å². The van der Waals surface area contributed by atoms with E-state index in [4.69, 9.17) is 0 Å². The molecule has 7 nitrogen and oxygen atoms in total. The summed E-state index contributed by atoms with van der Waals surface area (Å²) >= 11 is 0. The van der Waals surface area contributed by atoms with Crippen molar-refractivity contribution in [3.8, 4) is 22.6 Å². The fourth-order valence-corrected chi connectivity index (χ4v) is 3.80. The van der Waals surface area contributed by atoms with Gasteiger partial charge in [-0.15, -0.1) is 0 Å². The topological polar surface area (TPSA) is 96.0 Å². The van der Waals surface area contributed by atoms with Crippen molar-refractivity contribution in [3.63, 3.8) is 0 Å². The molecule has 2 N–H and O–H groups in total. The molecule has 0 bridgehead atoms. The second-order valence-corrected chi connectivity index (χ2v) is 7.02. The summed E-state index contributed by atoms with van der Waals surface area (Å²) in [4.78, 5) is 20.4. The van der Waals surface area contributed by atoms with Crippen LogP contribution in [0.5, 0.6) is 0 Å². The summed E-state index contributed by atoms with van der Waals surface area (Å²) in [5, 5.41) is 8.03. The molecule has 6 rings (SSSR count). The number of fused-ring (bicyclic) bond motifs is 2. The predicted molar refractivity (Wildman–Crippen MR) is 112 cm³/mol. The predicted octanol–water partition coefficient (Wildman–Crippen LogP) is 4.44. The highest BCUT2D eigenvalue weighted by Crippen LogP contribution is 2.33. The van der Waals surface area contributed by atoms with Gasteiger partial charge < -0.3 is 4.98 Å². The van der Waals surface area contributed by atoms with E-state index in [1.807, 2.05) is 6.07 Å². The van der Waals surface area contributed by atoms with E-state index in [0.717, 1.165) is 28.5 Å². The lowest BCUT2D eigenvalue weighted by Gasteiger charge is -2.03. The van der Waals surface area contributed by atoms with Crippen LogP contribution in [0.1, 0.15) is 12.0 Å². The van der Waals surface area contributed by atoms with Gasteiger partial charge in [0.2, 0.25) is 0 Å². The molecule has 4 aromatic heterocycles. The third kappa shape index (κ3) is 2.54. The zero-order chi connectivity index (χ0) is 20.1. The van der Waals surface area contributed by atoms with Gasteiger partial charge in [-0.3, -0.25) is 5.10 Å². The van der Waals surface area contributed by atoms with Crippen LogP contribution < -0.4 is 0 Å². The van der Waals surface area contributed by atoms with Gasteiger partial charge in [0, 0.05) is 46.7 Å². The van der Waals surface area contributed by atoms with E-state index >= 15 is 0 Å². The summed E-state index contributed by atoms with van der Waals surface area (Å²) < 4.78 is 14.7. The van der Waals surface area contributed by atoms with E-state index in [1.165, 1.54) is 12.4 Å². The number of nitrogens with one attached hydrogen (secondary N) is 2. The minimum atomic E-state index is -0.374. The molecule has 1 aliphatic rings. The number of rotatable bonds is 3. The van der Waals surface area contributed by atoms with Gasteiger partial charge in [-0.1, -0.05) is 18.2 Å². The molecule has 0 unspecified atom stereocenters. The van der Waals surface area contributed by atoms with Crippen LogP contribution >= 0.6 is 0 Å². The van der Waals surface area contributed by atoms with Gasteiger partial charge in [0.25, 0.3) is 0 Å². The maximum absolute atomic E-state index is 14.7. The second-order valence-electron chi connectivity index (χ2n) is 7.02. The number of hydrogen-bond acceptors (Lipinski definition) is 5. The first-order valence-electron chi connectivity index (χ1n) is 9.43. The quantitative estimate of drug-likeness (QED) is 0.471. The Labute approximate surface area is 169 Å². The number of allylic oxidation sites excluding steroid dienone is 4. The fraction of sp³-hybridized carbons (Fsp3) is 0.0455. The van der Waals surface area contributed by atoms with Crippen molar-refractivity contribution in [2.45, 2.75) is 6.42 Å². The standard InChI is InChI=1S/C22H14FN7/c23-17-8-18-16(7-15(17)13-9-24-11-25-10-13)20(30-29-18)22-27-19-14(12-3-1-2-4-12)5-6-26-21(19)28-22/h1,3-11H,2H2,(H,29,30)(H,26,27,28). The molecule has 1 aromatic carbocycles. The molecule has 1 aliphatic carbocycles. The number of hydrogen-bond donors (Lipinski definition) is 2. The van der Waals surface area contributed by atoms with Crippen molar-refractivity contribution in [1.82, 2.24) is 35.1 Å². The molecule has 144 valence electrons. The first kappa shape index (κ1) is 16.7. The molecule has 0 atom stereocenters. The number of aromatic amines is 2. The first-order valence-corrected chi connectivity index (χ1v) is 9.43. The number of pyridine rings is 1. The molecule has 4 heterocycles. The summed E-state index contributed by atoms with van der Waals surface area (Å²) in [7, 11) is 0. The largest absolute Gasteiger partial charge is 0.335 e. The SMILES string of the molecule is Fc1cc2[nH]nc(-c3nc4nccc(C5=CCC=C5)c4[nH]3)c2cc1-c1cncnc1. The van der Waals surface area contributed by atoms with Crippen LogP contribution in [0.2, 0.25) is 0 Å². The lowest BCUT2D eigenvalue weighted by molar-refractivity contribution is 0.632. The Hall–Kier alpha value is -4.20. The van der Waals surface area contributed by atoms with E-state index in [9.17, 15) is 4.39 Å². The molecule has 0 saturated carbocycles. The van der Waals surface area contributed by atoms with E-state index in [0.29, 0.717) is 33.8 Å². The van der Waals surface area contributed by atoms with Crippen LogP contribution in [0.4, 0.5) is 4.39 Å². The summed E-state index contributed by atoms with van der Waals surface area (Å²) in [6, 6.07) is 5.14. The van der Waals surface area contributed by atoms with Crippen LogP contribution in [0, 0.1) is 5.82 Å². The minimum absolute atomic E-state index is 0.374. The summed E-state index contributed by atoms with van der Waals surface area (Å²) in [5.74, 6) is 0.196. The van der Waals surface area contributed by atoms with E-state index in [2.05, 4.69) is 53.3 Å². The van der Waals surface area contributed by atoms with E-state index < -0.39 is 0 Å². The third-order valence-corrected chi connectivity index (χ3v) is 5.22. The lowest BCUT2D eigenvalue weighted by atomic mass is 10.0. The second kappa shape index (κ2) is 6.41. The molecule has 30 heavy (non-hydrogen) atoms. The van der Waals surface area contributed by atoms with Crippen molar-refractivity contribution in [2.75, 3.05) is 0 Å². The zero-order valence-electron chi connectivity index (χ0n) is 15.6. The number of halogens is 1. The molecule has 0 amide bonds. The monoisotopic (exact) mass is 395 g/mol. The van der Waals surface area contributed by atoms with E-state index in [-0.39, 0.29) is 5.82 Å². The van der Waals surface area contributed by atoms with Gasteiger partial charge in [0.1, 0.15) is 17.8 Å². The van der Waals surface area contributed by atoms with Crippen LogP contribution in [-0.4, -0.2) is 35.1 Å². The molecule has 8 heteroatoms. The number of nitrogens with zero attached hydrogens (tertiary/aromatic N) is 5. The number of aromatic nitrogens is 7. The van der Waals surface area contributed by atoms with Crippen molar-refractivity contribution >= 4 is 27.6 Å². The third-order valence-electron chi connectivity index (χ3n) is 5.22. The summed E-state index contributed by atoms with van der Waals surface area (Å²) in [6.07, 6.45) is 13.6. The van der Waals surface area contributed by atoms with Gasteiger partial charge in [0.15, 0.2) is 11.5 Å². The highest BCUT2D eigenvalue weighted by atomic mass is 19.1. The molecule has 5 aromatic rings.